The van der Waals surface area contributed by atoms with Gasteiger partial charge in [-0.25, -0.2) is 4.98 Å². The summed E-state index contributed by atoms with van der Waals surface area (Å²) in [6, 6.07) is 5.88. The van der Waals surface area contributed by atoms with Gasteiger partial charge in [-0.15, -0.1) is 11.3 Å². The van der Waals surface area contributed by atoms with Crippen LogP contribution in [0, 0.1) is 6.92 Å². The number of rotatable bonds is 6. The fourth-order valence-corrected chi connectivity index (χ4v) is 2.62. The van der Waals surface area contributed by atoms with E-state index in [4.69, 9.17) is 15.2 Å². The van der Waals surface area contributed by atoms with Crippen molar-refractivity contribution in [3.63, 3.8) is 0 Å². The molecule has 108 valence electrons. The Labute approximate surface area is 123 Å². The van der Waals surface area contributed by atoms with E-state index in [0.29, 0.717) is 6.61 Å². The molecule has 1 aromatic heterocycles. The first-order valence-electron chi connectivity index (χ1n) is 6.54. The molecule has 0 spiro atoms. The lowest BCUT2D eigenvalue weighted by atomic mass is 10.1. The summed E-state index contributed by atoms with van der Waals surface area (Å²) in [6.07, 6.45) is 0.753. The van der Waals surface area contributed by atoms with Gasteiger partial charge in [-0.05, 0) is 44.0 Å². The molecule has 1 unspecified atom stereocenters. The fourth-order valence-electron chi connectivity index (χ4n) is 1.94. The molecular weight excluding hydrogens is 272 g/mol. The van der Waals surface area contributed by atoms with Gasteiger partial charge in [0.05, 0.1) is 7.11 Å². The predicted molar refractivity (Wildman–Crippen MR) is 81.5 cm³/mol. The lowest BCUT2D eigenvalue weighted by Gasteiger charge is -2.13. The second kappa shape index (κ2) is 6.72. The van der Waals surface area contributed by atoms with Crippen LogP contribution in [0.25, 0.3) is 0 Å². The number of hydrogen-bond donors (Lipinski definition) is 1. The number of nitrogens with zero attached hydrogens (tertiary/aromatic N) is 1. The van der Waals surface area contributed by atoms with Crippen LogP contribution in [0.5, 0.6) is 11.5 Å². The van der Waals surface area contributed by atoms with Crippen LogP contribution < -0.4 is 15.2 Å². The molecule has 0 aliphatic rings. The monoisotopic (exact) mass is 292 g/mol. The van der Waals surface area contributed by atoms with Crippen molar-refractivity contribution < 1.29 is 9.47 Å². The summed E-state index contributed by atoms with van der Waals surface area (Å²) in [5, 5.41) is 3.00. The standard InChI is InChI=1S/C15H20N2O2S/c1-10(16)6-12-7-13(18-3)4-5-14(12)19-8-15-17-11(2)9-20-15/h4-5,7,9-10H,6,8,16H2,1-3H3. The summed E-state index contributed by atoms with van der Waals surface area (Å²) >= 11 is 1.61. The minimum absolute atomic E-state index is 0.0755. The molecule has 2 aromatic rings. The van der Waals surface area contributed by atoms with Crippen molar-refractivity contribution in [1.29, 1.82) is 0 Å². The average molecular weight is 292 g/mol. The van der Waals surface area contributed by atoms with E-state index in [1.54, 1.807) is 18.4 Å². The maximum Gasteiger partial charge on any atom is 0.140 e. The van der Waals surface area contributed by atoms with Crippen molar-refractivity contribution in [3.05, 3.63) is 39.8 Å². The molecule has 4 nitrogen and oxygen atoms in total. The smallest absolute Gasteiger partial charge is 0.140 e. The highest BCUT2D eigenvalue weighted by Gasteiger charge is 2.09. The summed E-state index contributed by atoms with van der Waals surface area (Å²) < 4.78 is 11.1. The molecule has 0 radical (unpaired) electrons. The molecule has 0 saturated heterocycles. The van der Waals surface area contributed by atoms with Gasteiger partial charge in [0.2, 0.25) is 0 Å². The summed E-state index contributed by atoms with van der Waals surface area (Å²) in [5.41, 5.74) is 7.98. The van der Waals surface area contributed by atoms with Crippen LogP contribution in [0.4, 0.5) is 0 Å². The second-order valence-corrected chi connectivity index (χ2v) is 5.77. The summed E-state index contributed by atoms with van der Waals surface area (Å²) in [5.74, 6) is 1.66. The minimum Gasteiger partial charge on any atom is -0.497 e. The van der Waals surface area contributed by atoms with Crippen molar-refractivity contribution in [3.8, 4) is 11.5 Å². The van der Waals surface area contributed by atoms with E-state index in [-0.39, 0.29) is 6.04 Å². The van der Waals surface area contributed by atoms with Gasteiger partial charge in [-0.2, -0.15) is 0 Å². The number of hydrogen-bond acceptors (Lipinski definition) is 5. The summed E-state index contributed by atoms with van der Waals surface area (Å²) in [7, 11) is 1.66. The topological polar surface area (TPSA) is 57.4 Å². The van der Waals surface area contributed by atoms with Crippen molar-refractivity contribution >= 4 is 11.3 Å². The maximum atomic E-state index is 5.89. The van der Waals surface area contributed by atoms with Crippen LogP contribution >= 0.6 is 11.3 Å². The second-order valence-electron chi connectivity index (χ2n) is 4.83. The van der Waals surface area contributed by atoms with Crippen molar-refractivity contribution in [2.45, 2.75) is 32.9 Å². The van der Waals surface area contributed by atoms with Gasteiger partial charge in [0.25, 0.3) is 0 Å². The summed E-state index contributed by atoms with van der Waals surface area (Å²) in [4.78, 5) is 4.39. The zero-order valence-corrected chi connectivity index (χ0v) is 12.9. The Balaban J connectivity index is 2.12. The van der Waals surface area contributed by atoms with Crippen molar-refractivity contribution in [2.75, 3.05) is 7.11 Å². The third kappa shape index (κ3) is 3.95. The normalized spacial score (nSPS) is 12.2. The van der Waals surface area contributed by atoms with Crippen molar-refractivity contribution in [2.24, 2.45) is 5.73 Å². The lowest BCUT2D eigenvalue weighted by molar-refractivity contribution is 0.300. The molecule has 0 bridgehead atoms. The Morgan fingerprint density at radius 1 is 1.40 bits per heavy atom. The lowest BCUT2D eigenvalue weighted by Crippen LogP contribution is -2.18. The first kappa shape index (κ1) is 14.8. The highest BCUT2D eigenvalue weighted by molar-refractivity contribution is 7.09. The highest BCUT2D eigenvalue weighted by atomic mass is 32.1. The van der Waals surface area contributed by atoms with Gasteiger partial charge in [-0.1, -0.05) is 0 Å². The minimum atomic E-state index is 0.0755. The molecule has 2 N–H and O–H groups in total. The molecule has 2 rings (SSSR count). The third-order valence-corrected chi connectivity index (χ3v) is 3.77. The molecule has 0 amide bonds. The van der Waals surface area contributed by atoms with E-state index in [9.17, 15) is 0 Å². The SMILES string of the molecule is COc1ccc(OCc2nc(C)cs2)c(CC(C)N)c1. The Morgan fingerprint density at radius 2 is 2.20 bits per heavy atom. The van der Waals surface area contributed by atoms with Gasteiger partial charge in [0, 0.05) is 17.1 Å². The summed E-state index contributed by atoms with van der Waals surface area (Å²) in [6.45, 7) is 4.44. The third-order valence-electron chi connectivity index (χ3n) is 2.83. The fraction of sp³-hybridized carbons (Fsp3) is 0.400. The van der Waals surface area contributed by atoms with Crippen LogP contribution in [0.2, 0.25) is 0 Å². The van der Waals surface area contributed by atoms with Crippen LogP contribution in [-0.4, -0.2) is 18.1 Å². The number of benzene rings is 1. The van der Waals surface area contributed by atoms with Gasteiger partial charge in [0.15, 0.2) is 0 Å². The number of aromatic nitrogens is 1. The molecule has 1 atom stereocenters. The number of methoxy groups -OCH3 is 1. The van der Waals surface area contributed by atoms with Crippen molar-refractivity contribution in [1.82, 2.24) is 4.98 Å². The van der Waals surface area contributed by atoms with Crippen LogP contribution in [0.15, 0.2) is 23.6 Å². The van der Waals surface area contributed by atoms with Gasteiger partial charge >= 0.3 is 0 Å². The first-order chi connectivity index (χ1) is 9.58. The molecular formula is C15H20N2O2S. The molecule has 1 heterocycles. The van der Waals surface area contributed by atoms with E-state index in [0.717, 1.165) is 34.2 Å². The van der Waals surface area contributed by atoms with E-state index < -0.39 is 0 Å². The maximum absolute atomic E-state index is 5.89. The molecule has 0 aliphatic carbocycles. The first-order valence-corrected chi connectivity index (χ1v) is 7.42. The van der Waals surface area contributed by atoms with Gasteiger partial charge < -0.3 is 15.2 Å². The van der Waals surface area contributed by atoms with Gasteiger partial charge in [0.1, 0.15) is 23.1 Å². The average Bonchev–Trinajstić information content (AvgIpc) is 2.82. The van der Waals surface area contributed by atoms with Gasteiger partial charge in [-0.3, -0.25) is 0 Å². The molecule has 0 saturated carbocycles. The molecule has 1 aromatic carbocycles. The number of thiazole rings is 1. The van der Waals surface area contributed by atoms with Crippen LogP contribution in [0.1, 0.15) is 23.2 Å². The Bertz CT molecular complexity index is 567. The number of nitrogens with two attached hydrogens (primary N) is 1. The zero-order valence-electron chi connectivity index (χ0n) is 12.1. The quantitative estimate of drug-likeness (QED) is 0.889. The molecule has 20 heavy (non-hydrogen) atoms. The van der Waals surface area contributed by atoms with E-state index in [2.05, 4.69) is 4.98 Å². The van der Waals surface area contributed by atoms with Crippen LogP contribution in [-0.2, 0) is 13.0 Å². The molecule has 0 aliphatic heterocycles. The Kier molecular flexibility index (Phi) is 4.98. The number of aryl methyl sites for hydroxylation is 1. The highest BCUT2D eigenvalue weighted by Crippen LogP contribution is 2.26. The molecule has 5 heteroatoms. The largest absolute Gasteiger partial charge is 0.497 e. The Hall–Kier alpha value is -1.59. The van der Waals surface area contributed by atoms with Crippen LogP contribution in [0.3, 0.4) is 0 Å². The molecule has 0 fully saturated rings. The Morgan fingerprint density at radius 3 is 2.80 bits per heavy atom. The predicted octanol–water partition coefficient (Wildman–Crippen LogP) is 2.93. The van der Waals surface area contributed by atoms with E-state index >= 15 is 0 Å². The van der Waals surface area contributed by atoms with E-state index in [1.807, 2.05) is 37.4 Å². The number of ether oxygens (including phenoxy) is 2. The van der Waals surface area contributed by atoms with E-state index in [1.165, 1.54) is 0 Å². The zero-order chi connectivity index (χ0) is 14.5.